The highest BCUT2D eigenvalue weighted by Crippen LogP contribution is 2.17. The van der Waals surface area contributed by atoms with Crippen molar-refractivity contribution in [1.82, 2.24) is 4.90 Å². The van der Waals surface area contributed by atoms with Crippen LogP contribution in [0.2, 0.25) is 0 Å². The molecule has 0 amide bonds. The standard InChI is InChI=1S/C13H19FN2/c14-13-3-1-12(2-4-13)10-16-7-5-11(9-15)6-8-16/h1-4,11H,5-10,15H2. The lowest BCUT2D eigenvalue weighted by atomic mass is 9.97. The molecule has 3 heteroatoms. The summed E-state index contributed by atoms with van der Waals surface area (Å²) in [6, 6.07) is 6.79. The molecule has 2 rings (SSSR count). The summed E-state index contributed by atoms with van der Waals surface area (Å²) in [5.41, 5.74) is 6.85. The van der Waals surface area contributed by atoms with Gasteiger partial charge in [0.2, 0.25) is 0 Å². The van der Waals surface area contributed by atoms with Crippen LogP contribution in [0, 0.1) is 11.7 Å². The van der Waals surface area contributed by atoms with Crippen molar-refractivity contribution in [2.45, 2.75) is 19.4 Å². The average molecular weight is 222 g/mol. The molecule has 88 valence electrons. The van der Waals surface area contributed by atoms with Crippen molar-refractivity contribution in [3.8, 4) is 0 Å². The number of nitrogens with two attached hydrogens (primary N) is 1. The van der Waals surface area contributed by atoms with Gasteiger partial charge in [-0.25, -0.2) is 4.39 Å². The van der Waals surface area contributed by atoms with Crippen LogP contribution in [-0.2, 0) is 6.54 Å². The fraction of sp³-hybridized carbons (Fsp3) is 0.538. The lowest BCUT2D eigenvalue weighted by Gasteiger charge is -2.31. The van der Waals surface area contributed by atoms with E-state index in [1.807, 2.05) is 12.1 Å². The van der Waals surface area contributed by atoms with Gasteiger partial charge >= 0.3 is 0 Å². The molecule has 0 saturated carbocycles. The summed E-state index contributed by atoms with van der Waals surface area (Å²) in [6.45, 7) is 3.96. The van der Waals surface area contributed by atoms with Gasteiger partial charge in [0.05, 0.1) is 0 Å². The first-order valence-corrected chi connectivity index (χ1v) is 5.95. The van der Waals surface area contributed by atoms with Crippen LogP contribution in [0.3, 0.4) is 0 Å². The Morgan fingerprint density at radius 2 is 1.81 bits per heavy atom. The smallest absolute Gasteiger partial charge is 0.123 e. The molecule has 1 aromatic carbocycles. The van der Waals surface area contributed by atoms with Gasteiger partial charge in [0, 0.05) is 6.54 Å². The van der Waals surface area contributed by atoms with Gasteiger partial charge in [0.15, 0.2) is 0 Å². The highest BCUT2D eigenvalue weighted by atomic mass is 19.1. The Morgan fingerprint density at radius 1 is 1.19 bits per heavy atom. The highest BCUT2D eigenvalue weighted by molar-refractivity contribution is 5.15. The number of nitrogens with zero attached hydrogens (tertiary/aromatic N) is 1. The van der Waals surface area contributed by atoms with Crippen LogP contribution in [0.1, 0.15) is 18.4 Å². The predicted molar refractivity (Wildman–Crippen MR) is 63.5 cm³/mol. The largest absolute Gasteiger partial charge is 0.330 e. The molecular formula is C13H19FN2. The molecular weight excluding hydrogens is 203 g/mol. The van der Waals surface area contributed by atoms with Gasteiger partial charge in [0.25, 0.3) is 0 Å². The van der Waals surface area contributed by atoms with E-state index in [4.69, 9.17) is 5.73 Å². The number of benzene rings is 1. The van der Waals surface area contributed by atoms with Gasteiger partial charge in [-0.15, -0.1) is 0 Å². The lowest BCUT2D eigenvalue weighted by molar-refractivity contribution is 0.180. The molecule has 0 aromatic heterocycles. The topological polar surface area (TPSA) is 29.3 Å². The van der Waals surface area contributed by atoms with Gasteiger partial charge in [-0.1, -0.05) is 12.1 Å². The maximum atomic E-state index is 12.7. The van der Waals surface area contributed by atoms with Gasteiger partial charge in [-0.3, -0.25) is 4.90 Å². The minimum atomic E-state index is -0.161. The van der Waals surface area contributed by atoms with Crippen LogP contribution in [0.15, 0.2) is 24.3 Å². The van der Waals surface area contributed by atoms with E-state index in [-0.39, 0.29) is 5.82 Å². The summed E-state index contributed by atoms with van der Waals surface area (Å²) >= 11 is 0. The molecule has 0 aliphatic carbocycles. The number of rotatable bonds is 3. The Labute approximate surface area is 96.2 Å². The van der Waals surface area contributed by atoms with Gasteiger partial charge in [0.1, 0.15) is 5.82 Å². The summed E-state index contributed by atoms with van der Waals surface area (Å²) in [7, 11) is 0. The molecule has 1 saturated heterocycles. The van der Waals surface area contributed by atoms with Crippen LogP contribution in [0.4, 0.5) is 4.39 Å². The van der Waals surface area contributed by atoms with Crippen molar-refractivity contribution in [1.29, 1.82) is 0 Å². The second-order valence-electron chi connectivity index (χ2n) is 4.58. The molecule has 16 heavy (non-hydrogen) atoms. The number of hydrogen-bond acceptors (Lipinski definition) is 2. The summed E-state index contributed by atoms with van der Waals surface area (Å²) in [5.74, 6) is 0.537. The van der Waals surface area contributed by atoms with E-state index in [0.29, 0.717) is 5.92 Å². The monoisotopic (exact) mass is 222 g/mol. The zero-order valence-corrected chi connectivity index (χ0v) is 9.53. The Bertz CT molecular complexity index is 315. The maximum Gasteiger partial charge on any atom is 0.123 e. The van der Waals surface area contributed by atoms with E-state index in [9.17, 15) is 4.39 Å². The van der Waals surface area contributed by atoms with Crippen LogP contribution >= 0.6 is 0 Å². The van der Waals surface area contributed by atoms with Crippen LogP contribution in [0.5, 0.6) is 0 Å². The fourth-order valence-electron chi connectivity index (χ4n) is 2.23. The second kappa shape index (κ2) is 5.41. The first-order chi connectivity index (χ1) is 7.78. The number of hydrogen-bond donors (Lipinski definition) is 1. The molecule has 0 atom stereocenters. The third kappa shape index (κ3) is 3.03. The molecule has 0 radical (unpaired) electrons. The fourth-order valence-corrected chi connectivity index (χ4v) is 2.23. The van der Waals surface area contributed by atoms with Gasteiger partial charge in [-0.05, 0) is 56.1 Å². The predicted octanol–water partition coefficient (Wildman–Crippen LogP) is 2.00. The Kier molecular flexibility index (Phi) is 3.91. The molecule has 2 nitrogen and oxygen atoms in total. The molecule has 0 bridgehead atoms. The first-order valence-electron chi connectivity index (χ1n) is 5.95. The third-order valence-corrected chi connectivity index (χ3v) is 3.36. The normalized spacial score (nSPS) is 18.9. The first kappa shape index (κ1) is 11.6. The van der Waals surface area contributed by atoms with E-state index in [1.165, 1.54) is 30.5 Å². The average Bonchev–Trinajstić information content (AvgIpc) is 2.33. The van der Waals surface area contributed by atoms with E-state index in [1.54, 1.807) is 0 Å². The molecule has 0 spiro atoms. The van der Waals surface area contributed by atoms with Crippen molar-refractivity contribution in [3.63, 3.8) is 0 Å². The highest BCUT2D eigenvalue weighted by Gasteiger charge is 2.17. The van der Waals surface area contributed by atoms with E-state index in [2.05, 4.69) is 4.90 Å². The zero-order chi connectivity index (χ0) is 11.4. The Hall–Kier alpha value is -0.930. The Morgan fingerprint density at radius 3 is 2.38 bits per heavy atom. The summed E-state index contributed by atoms with van der Waals surface area (Å²) < 4.78 is 12.7. The van der Waals surface area contributed by atoms with Gasteiger partial charge < -0.3 is 5.73 Å². The minimum Gasteiger partial charge on any atom is -0.330 e. The van der Waals surface area contributed by atoms with Crippen molar-refractivity contribution < 1.29 is 4.39 Å². The summed E-state index contributed by atoms with van der Waals surface area (Å²) in [6.07, 6.45) is 2.38. The number of piperidine rings is 1. The van der Waals surface area contributed by atoms with Crippen molar-refractivity contribution in [2.75, 3.05) is 19.6 Å². The van der Waals surface area contributed by atoms with Crippen molar-refractivity contribution in [3.05, 3.63) is 35.6 Å². The molecule has 1 fully saturated rings. The zero-order valence-electron chi connectivity index (χ0n) is 9.53. The summed E-state index contributed by atoms with van der Waals surface area (Å²) in [5, 5.41) is 0. The number of likely N-dealkylation sites (tertiary alicyclic amines) is 1. The molecule has 1 aliphatic rings. The minimum absolute atomic E-state index is 0.161. The second-order valence-corrected chi connectivity index (χ2v) is 4.58. The van der Waals surface area contributed by atoms with Crippen LogP contribution in [0.25, 0.3) is 0 Å². The maximum absolute atomic E-state index is 12.7. The Balaban J connectivity index is 1.84. The van der Waals surface area contributed by atoms with Crippen molar-refractivity contribution in [2.24, 2.45) is 11.7 Å². The van der Waals surface area contributed by atoms with Crippen molar-refractivity contribution >= 4 is 0 Å². The van der Waals surface area contributed by atoms with Crippen LogP contribution in [-0.4, -0.2) is 24.5 Å². The van der Waals surface area contributed by atoms with Gasteiger partial charge in [-0.2, -0.15) is 0 Å². The third-order valence-electron chi connectivity index (χ3n) is 3.36. The molecule has 2 N–H and O–H groups in total. The van der Waals surface area contributed by atoms with Crippen LogP contribution < -0.4 is 5.73 Å². The molecule has 1 aromatic rings. The quantitative estimate of drug-likeness (QED) is 0.847. The summed E-state index contributed by atoms with van der Waals surface area (Å²) in [4.78, 5) is 2.42. The van der Waals surface area contributed by atoms with E-state index in [0.717, 1.165) is 26.2 Å². The van der Waals surface area contributed by atoms with E-state index >= 15 is 0 Å². The molecule has 0 unspecified atom stereocenters. The molecule has 1 heterocycles. The molecule has 1 aliphatic heterocycles. The lowest BCUT2D eigenvalue weighted by Crippen LogP contribution is -2.35. The number of halogens is 1. The van der Waals surface area contributed by atoms with E-state index < -0.39 is 0 Å². The SMILES string of the molecule is NCC1CCN(Cc2ccc(F)cc2)CC1.